The van der Waals surface area contributed by atoms with Crippen molar-refractivity contribution in [1.82, 2.24) is 19.7 Å². The van der Waals surface area contributed by atoms with E-state index in [9.17, 15) is 4.79 Å². The van der Waals surface area contributed by atoms with Crippen LogP contribution < -0.4 is 0 Å². The van der Waals surface area contributed by atoms with E-state index in [1.54, 1.807) is 6.26 Å². The lowest BCUT2D eigenvalue weighted by molar-refractivity contribution is -0.130. The third-order valence-corrected chi connectivity index (χ3v) is 5.96. The van der Waals surface area contributed by atoms with E-state index in [1.807, 2.05) is 45.9 Å². The Morgan fingerprint density at radius 2 is 2.11 bits per heavy atom. The van der Waals surface area contributed by atoms with Crippen molar-refractivity contribution in [3.05, 3.63) is 47.7 Å². The summed E-state index contributed by atoms with van der Waals surface area (Å²) in [5.41, 5.74) is 0.863. The SMILES string of the molecule is CC1CCCN(C(=O)CSc2nnc(-c3ccco3)n2-c2ccc(Cl)cc2)C1. The maximum atomic E-state index is 12.7. The molecule has 3 aromatic rings. The molecular weight excluding hydrogens is 396 g/mol. The highest BCUT2D eigenvalue weighted by atomic mass is 35.5. The number of thioether (sulfide) groups is 1. The zero-order valence-corrected chi connectivity index (χ0v) is 17.1. The molecule has 2 aromatic heterocycles. The first-order valence-electron chi connectivity index (χ1n) is 9.27. The molecule has 0 N–H and O–H groups in total. The van der Waals surface area contributed by atoms with E-state index >= 15 is 0 Å². The minimum Gasteiger partial charge on any atom is -0.461 e. The van der Waals surface area contributed by atoms with Crippen molar-refractivity contribution in [2.24, 2.45) is 5.92 Å². The standard InChI is InChI=1S/C20H21ClN4O2S/c1-14-4-2-10-24(12-14)18(26)13-28-20-23-22-19(17-5-3-11-27-17)25(20)16-8-6-15(21)7-9-16/h3,5-9,11,14H,2,4,10,12-13H2,1H3. The van der Waals surface area contributed by atoms with E-state index in [0.717, 1.165) is 25.2 Å². The first kappa shape index (κ1) is 19.1. The van der Waals surface area contributed by atoms with E-state index in [0.29, 0.717) is 33.4 Å². The van der Waals surface area contributed by atoms with Gasteiger partial charge in [-0.1, -0.05) is 30.3 Å². The molecule has 1 saturated heterocycles. The summed E-state index contributed by atoms with van der Waals surface area (Å²) in [6, 6.07) is 11.1. The lowest BCUT2D eigenvalue weighted by Gasteiger charge is -2.30. The highest BCUT2D eigenvalue weighted by Crippen LogP contribution is 2.29. The number of aromatic nitrogens is 3. The highest BCUT2D eigenvalue weighted by molar-refractivity contribution is 7.99. The summed E-state index contributed by atoms with van der Waals surface area (Å²) in [5, 5.41) is 9.91. The van der Waals surface area contributed by atoms with Crippen LogP contribution in [0.1, 0.15) is 19.8 Å². The van der Waals surface area contributed by atoms with E-state index in [1.165, 1.54) is 18.2 Å². The van der Waals surface area contributed by atoms with Gasteiger partial charge in [0.2, 0.25) is 11.7 Å². The van der Waals surface area contributed by atoms with E-state index < -0.39 is 0 Å². The van der Waals surface area contributed by atoms with E-state index in [-0.39, 0.29) is 5.91 Å². The van der Waals surface area contributed by atoms with Crippen molar-refractivity contribution in [1.29, 1.82) is 0 Å². The lowest BCUT2D eigenvalue weighted by Crippen LogP contribution is -2.40. The molecule has 1 fully saturated rings. The van der Waals surface area contributed by atoms with Crippen molar-refractivity contribution in [3.8, 4) is 17.3 Å². The van der Waals surface area contributed by atoms with Gasteiger partial charge in [0.1, 0.15) is 0 Å². The Bertz CT molecular complexity index is 940. The number of halogens is 1. The third kappa shape index (κ3) is 4.10. The number of hydrogen-bond acceptors (Lipinski definition) is 5. The third-order valence-electron chi connectivity index (χ3n) is 4.79. The number of piperidine rings is 1. The van der Waals surface area contributed by atoms with Crippen molar-refractivity contribution in [2.75, 3.05) is 18.8 Å². The number of amides is 1. The molecule has 6 nitrogen and oxygen atoms in total. The molecule has 1 atom stereocenters. The Morgan fingerprint density at radius 1 is 1.29 bits per heavy atom. The van der Waals surface area contributed by atoms with Crippen LogP contribution in [-0.2, 0) is 4.79 Å². The number of rotatable bonds is 5. The molecule has 146 valence electrons. The van der Waals surface area contributed by atoms with Gasteiger partial charge in [0, 0.05) is 23.8 Å². The summed E-state index contributed by atoms with van der Waals surface area (Å²) >= 11 is 7.43. The normalized spacial score (nSPS) is 17.1. The van der Waals surface area contributed by atoms with Gasteiger partial charge in [0.25, 0.3) is 0 Å². The van der Waals surface area contributed by atoms with Crippen molar-refractivity contribution in [2.45, 2.75) is 24.9 Å². The number of carbonyl (C=O) groups is 1. The molecule has 0 aliphatic carbocycles. The van der Waals surface area contributed by atoms with E-state index in [2.05, 4.69) is 17.1 Å². The van der Waals surface area contributed by atoms with Gasteiger partial charge in [-0.3, -0.25) is 9.36 Å². The molecule has 8 heteroatoms. The summed E-state index contributed by atoms with van der Waals surface area (Å²) in [7, 11) is 0. The smallest absolute Gasteiger partial charge is 0.233 e. The minimum absolute atomic E-state index is 0.141. The number of benzene rings is 1. The van der Waals surface area contributed by atoms with Crippen LogP contribution in [0.4, 0.5) is 0 Å². The van der Waals surface area contributed by atoms with Crippen molar-refractivity contribution in [3.63, 3.8) is 0 Å². The van der Waals surface area contributed by atoms with Crippen LogP contribution >= 0.6 is 23.4 Å². The number of carbonyl (C=O) groups excluding carboxylic acids is 1. The van der Waals surface area contributed by atoms with Crippen molar-refractivity contribution < 1.29 is 9.21 Å². The van der Waals surface area contributed by atoms with Gasteiger partial charge in [-0.15, -0.1) is 10.2 Å². The largest absolute Gasteiger partial charge is 0.461 e. The fourth-order valence-corrected chi connectivity index (χ4v) is 4.37. The quantitative estimate of drug-likeness (QED) is 0.571. The van der Waals surface area contributed by atoms with Crippen molar-refractivity contribution >= 4 is 29.3 Å². The number of nitrogens with zero attached hydrogens (tertiary/aromatic N) is 4. The van der Waals surface area contributed by atoms with Crippen LogP contribution in [0.2, 0.25) is 5.02 Å². The van der Waals surface area contributed by atoms with Gasteiger partial charge in [0.05, 0.1) is 12.0 Å². The van der Waals surface area contributed by atoms with Crippen LogP contribution in [0.25, 0.3) is 17.3 Å². The van der Waals surface area contributed by atoms with E-state index in [4.69, 9.17) is 16.0 Å². The molecule has 28 heavy (non-hydrogen) atoms. The van der Waals surface area contributed by atoms with Gasteiger partial charge in [-0.05, 0) is 55.2 Å². The topological polar surface area (TPSA) is 64.2 Å². The van der Waals surface area contributed by atoms with Crippen LogP contribution in [-0.4, -0.2) is 44.4 Å². The average Bonchev–Trinajstić information content (AvgIpc) is 3.36. The second-order valence-corrected chi connectivity index (χ2v) is 8.35. The van der Waals surface area contributed by atoms with Crippen LogP contribution in [0.3, 0.4) is 0 Å². The fraction of sp³-hybridized carbons (Fsp3) is 0.350. The van der Waals surface area contributed by atoms with Crippen LogP contribution in [0, 0.1) is 5.92 Å². The zero-order valence-electron chi connectivity index (χ0n) is 15.5. The van der Waals surface area contributed by atoms with Gasteiger partial charge in [-0.2, -0.15) is 0 Å². The molecule has 1 aliphatic rings. The Labute approximate surface area is 172 Å². The van der Waals surface area contributed by atoms with Crippen LogP contribution in [0.5, 0.6) is 0 Å². The first-order chi connectivity index (χ1) is 13.6. The lowest BCUT2D eigenvalue weighted by atomic mass is 10.0. The van der Waals surface area contributed by atoms with Gasteiger partial charge in [-0.25, -0.2) is 0 Å². The molecule has 1 unspecified atom stereocenters. The molecule has 4 rings (SSSR count). The number of hydrogen-bond donors (Lipinski definition) is 0. The maximum Gasteiger partial charge on any atom is 0.233 e. The molecular formula is C20H21ClN4O2S. The van der Waals surface area contributed by atoms with Crippen LogP contribution in [0.15, 0.2) is 52.2 Å². The molecule has 1 aromatic carbocycles. The minimum atomic E-state index is 0.141. The molecule has 1 amide bonds. The second kappa shape index (κ2) is 8.41. The first-order valence-corrected chi connectivity index (χ1v) is 10.6. The number of likely N-dealkylation sites (tertiary alicyclic amines) is 1. The fourth-order valence-electron chi connectivity index (χ4n) is 3.39. The Morgan fingerprint density at radius 3 is 2.82 bits per heavy atom. The molecule has 0 radical (unpaired) electrons. The van der Waals surface area contributed by atoms with Gasteiger partial charge >= 0.3 is 0 Å². The van der Waals surface area contributed by atoms with Gasteiger partial charge < -0.3 is 9.32 Å². The Kier molecular flexibility index (Phi) is 5.73. The summed E-state index contributed by atoms with van der Waals surface area (Å²) < 4.78 is 7.41. The zero-order chi connectivity index (χ0) is 19.5. The predicted octanol–water partition coefficient (Wildman–Crippen LogP) is 4.53. The Hall–Kier alpha value is -2.25. The summed E-state index contributed by atoms with van der Waals surface area (Å²) in [4.78, 5) is 14.6. The predicted molar refractivity (Wildman–Crippen MR) is 110 cm³/mol. The maximum absolute atomic E-state index is 12.7. The molecule has 0 saturated carbocycles. The van der Waals surface area contributed by atoms with Gasteiger partial charge in [0.15, 0.2) is 10.9 Å². The Balaban J connectivity index is 1.58. The monoisotopic (exact) mass is 416 g/mol. The summed E-state index contributed by atoms with van der Waals surface area (Å²) in [6.45, 7) is 3.87. The highest BCUT2D eigenvalue weighted by Gasteiger charge is 2.23. The summed E-state index contributed by atoms with van der Waals surface area (Å²) in [6.07, 6.45) is 3.86. The second-order valence-electron chi connectivity index (χ2n) is 6.97. The summed E-state index contributed by atoms with van der Waals surface area (Å²) in [5.74, 6) is 2.24. The average molecular weight is 417 g/mol. The molecule has 0 bridgehead atoms. The molecule has 0 spiro atoms. The number of furan rings is 1. The molecule has 3 heterocycles. The molecule has 1 aliphatic heterocycles.